The van der Waals surface area contributed by atoms with Crippen molar-refractivity contribution in [2.24, 2.45) is 0 Å². The quantitative estimate of drug-likeness (QED) is 0.440. The molecule has 0 saturated carbocycles. The average Bonchev–Trinajstić information content (AvgIpc) is 2.25. The molecule has 0 unspecified atom stereocenters. The van der Waals surface area contributed by atoms with Gasteiger partial charge in [-0.2, -0.15) is 0 Å². The van der Waals surface area contributed by atoms with Gasteiger partial charge in [0.2, 0.25) is 0 Å². The van der Waals surface area contributed by atoms with Crippen LogP contribution in [0.4, 0.5) is 0 Å². The van der Waals surface area contributed by atoms with Crippen molar-refractivity contribution in [3.63, 3.8) is 0 Å². The smallest absolute Gasteiger partial charge is 0.200 e. The Balaban J connectivity index is 2.48. The molecule has 0 aliphatic carbocycles. The maximum atomic E-state index is 9.37. The van der Waals surface area contributed by atoms with E-state index in [1.165, 1.54) is 0 Å². The highest BCUT2D eigenvalue weighted by molar-refractivity contribution is 8.00. The molecule has 1 aromatic carbocycles. The van der Waals surface area contributed by atoms with Crippen LogP contribution in [0.1, 0.15) is 5.56 Å². The molecule has 0 spiro atoms. The molecule has 1 aliphatic rings. The lowest BCUT2D eigenvalue weighted by atomic mass is 10.1. The van der Waals surface area contributed by atoms with E-state index in [9.17, 15) is 5.11 Å². The summed E-state index contributed by atoms with van der Waals surface area (Å²) in [6.45, 7) is 0. The molecule has 4 heteroatoms. The number of phenols is 1. The molecular formula is C8H8O2S2. The van der Waals surface area contributed by atoms with E-state index >= 15 is 0 Å². The fourth-order valence-electron chi connectivity index (χ4n) is 1.28. The minimum Gasteiger partial charge on any atom is -0.504 e. The van der Waals surface area contributed by atoms with Crippen molar-refractivity contribution in [3.8, 4) is 11.5 Å². The van der Waals surface area contributed by atoms with Gasteiger partial charge >= 0.3 is 0 Å². The first-order chi connectivity index (χ1) is 5.58. The summed E-state index contributed by atoms with van der Waals surface area (Å²) in [5.41, 5.74) is 0.944. The maximum absolute atomic E-state index is 9.37. The van der Waals surface area contributed by atoms with Gasteiger partial charge in [-0.3, -0.25) is 0 Å². The third-order valence-corrected chi connectivity index (χ3v) is 2.26. The van der Waals surface area contributed by atoms with Gasteiger partial charge in [-0.25, -0.2) is 0 Å². The Morgan fingerprint density at radius 3 is 2.83 bits per heavy atom. The van der Waals surface area contributed by atoms with Crippen LogP contribution in [0.2, 0.25) is 0 Å². The van der Waals surface area contributed by atoms with E-state index in [2.05, 4.69) is 25.3 Å². The average molecular weight is 200 g/mol. The Labute approximate surface area is 81.4 Å². The Bertz CT molecular complexity index is 323. The van der Waals surface area contributed by atoms with Crippen molar-refractivity contribution in [2.45, 2.75) is 10.7 Å². The second-order valence-electron chi connectivity index (χ2n) is 2.79. The van der Waals surface area contributed by atoms with Gasteiger partial charge in [-0.05, 0) is 6.07 Å². The Morgan fingerprint density at radius 1 is 1.42 bits per heavy atom. The van der Waals surface area contributed by atoms with E-state index < -0.39 is 4.27 Å². The van der Waals surface area contributed by atoms with E-state index in [4.69, 9.17) is 4.74 Å². The first kappa shape index (κ1) is 8.13. The summed E-state index contributed by atoms with van der Waals surface area (Å²) in [7, 11) is 0. The molecule has 0 saturated heterocycles. The number of para-hydroxylation sites is 1. The summed E-state index contributed by atoms with van der Waals surface area (Å²) in [6.07, 6.45) is 0.600. The van der Waals surface area contributed by atoms with Gasteiger partial charge in [0.1, 0.15) is 0 Å². The first-order valence-electron chi connectivity index (χ1n) is 3.53. The molecule has 1 aromatic rings. The number of aromatic hydroxyl groups is 1. The van der Waals surface area contributed by atoms with Gasteiger partial charge in [-0.15, -0.1) is 25.3 Å². The zero-order valence-corrected chi connectivity index (χ0v) is 7.98. The zero-order valence-electron chi connectivity index (χ0n) is 6.19. The van der Waals surface area contributed by atoms with Crippen molar-refractivity contribution in [1.29, 1.82) is 0 Å². The third kappa shape index (κ3) is 1.25. The normalized spacial score (nSPS) is 18.5. The highest BCUT2D eigenvalue weighted by atomic mass is 32.2. The molecule has 1 heterocycles. The number of fused-ring (bicyclic) bond motifs is 1. The molecule has 0 fully saturated rings. The molecular weight excluding hydrogens is 192 g/mol. The molecule has 64 valence electrons. The SMILES string of the molecule is Oc1cccc2c1OC(S)(S)C2. The number of ether oxygens (including phenoxy) is 1. The second kappa shape index (κ2) is 2.50. The highest BCUT2D eigenvalue weighted by Crippen LogP contribution is 2.44. The predicted octanol–water partition coefficient (Wildman–Crippen LogP) is 1.84. The van der Waals surface area contributed by atoms with E-state index in [0.717, 1.165) is 5.56 Å². The van der Waals surface area contributed by atoms with Crippen LogP contribution in [0.5, 0.6) is 11.5 Å². The molecule has 0 amide bonds. The lowest BCUT2D eigenvalue weighted by Gasteiger charge is -2.14. The predicted molar refractivity (Wildman–Crippen MR) is 53.1 cm³/mol. The van der Waals surface area contributed by atoms with E-state index in [0.29, 0.717) is 12.2 Å². The largest absolute Gasteiger partial charge is 0.504 e. The van der Waals surface area contributed by atoms with Crippen LogP contribution in [-0.2, 0) is 6.42 Å². The number of hydrogen-bond acceptors (Lipinski definition) is 4. The second-order valence-corrected chi connectivity index (χ2v) is 4.58. The van der Waals surface area contributed by atoms with Crippen LogP contribution >= 0.6 is 25.3 Å². The molecule has 2 nitrogen and oxygen atoms in total. The van der Waals surface area contributed by atoms with Crippen molar-refractivity contribution in [3.05, 3.63) is 23.8 Å². The summed E-state index contributed by atoms with van der Waals surface area (Å²) in [6, 6.07) is 5.26. The molecule has 0 aromatic heterocycles. The highest BCUT2D eigenvalue weighted by Gasteiger charge is 2.33. The Hall–Kier alpha value is -0.480. The maximum Gasteiger partial charge on any atom is 0.200 e. The van der Waals surface area contributed by atoms with Gasteiger partial charge in [0.05, 0.1) is 0 Å². The summed E-state index contributed by atoms with van der Waals surface area (Å²) in [4.78, 5) is 0. The van der Waals surface area contributed by atoms with Crippen molar-refractivity contribution in [2.75, 3.05) is 0 Å². The van der Waals surface area contributed by atoms with Crippen LogP contribution in [0.3, 0.4) is 0 Å². The molecule has 0 bridgehead atoms. The Morgan fingerprint density at radius 2 is 2.17 bits per heavy atom. The molecule has 12 heavy (non-hydrogen) atoms. The summed E-state index contributed by atoms with van der Waals surface area (Å²) in [5.74, 6) is 0.653. The van der Waals surface area contributed by atoms with Crippen LogP contribution < -0.4 is 4.74 Å². The summed E-state index contributed by atoms with van der Waals surface area (Å²) >= 11 is 8.34. The molecule has 1 aliphatic heterocycles. The van der Waals surface area contributed by atoms with Crippen LogP contribution in [0.25, 0.3) is 0 Å². The van der Waals surface area contributed by atoms with Crippen LogP contribution in [0, 0.1) is 0 Å². The lowest BCUT2D eigenvalue weighted by Crippen LogP contribution is -2.17. The number of rotatable bonds is 0. The van der Waals surface area contributed by atoms with Crippen molar-refractivity contribution < 1.29 is 9.84 Å². The minimum atomic E-state index is -0.777. The number of thiol groups is 2. The number of benzene rings is 1. The molecule has 0 radical (unpaired) electrons. The monoisotopic (exact) mass is 200 g/mol. The van der Waals surface area contributed by atoms with Crippen molar-refractivity contribution >= 4 is 25.3 Å². The molecule has 0 atom stereocenters. The van der Waals surface area contributed by atoms with Gasteiger partial charge in [0.15, 0.2) is 15.8 Å². The lowest BCUT2D eigenvalue weighted by molar-refractivity contribution is 0.282. The van der Waals surface area contributed by atoms with Crippen molar-refractivity contribution in [1.82, 2.24) is 0 Å². The topological polar surface area (TPSA) is 29.5 Å². The number of hydrogen-bond donors (Lipinski definition) is 3. The van der Waals surface area contributed by atoms with E-state index in [1.807, 2.05) is 6.07 Å². The number of phenolic OH excluding ortho intramolecular Hbond substituents is 1. The van der Waals surface area contributed by atoms with E-state index in [-0.39, 0.29) is 5.75 Å². The Kier molecular flexibility index (Phi) is 1.70. The zero-order chi connectivity index (χ0) is 8.77. The standard InChI is InChI=1S/C8H8O2S2/c9-6-3-1-2-5-4-8(11,12)10-7(5)6/h1-3,9,11-12H,4H2. The molecule has 1 N–H and O–H groups in total. The van der Waals surface area contributed by atoms with Gasteiger partial charge in [-0.1, -0.05) is 12.1 Å². The minimum absolute atomic E-state index is 0.150. The van der Waals surface area contributed by atoms with E-state index in [1.54, 1.807) is 12.1 Å². The third-order valence-electron chi connectivity index (χ3n) is 1.76. The first-order valence-corrected chi connectivity index (χ1v) is 4.42. The molecule has 2 rings (SSSR count). The van der Waals surface area contributed by atoms with Crippen LogP contribution in [0.15, 0.2) is 18.2 Å². The van der Waals surface area contributed by atoms with Gasteiger partial charge in [0.25, 0.3) is 0 Å². The van der Waals surface area contributed by atoms with Crippen LogP contribution in [-0.4, -0.2) is 9.37 Å². The fourth-order valence-corrected chi connectivity index (χ4v) is 1.80. The van der Waals surface area contributed by atoms with Gasteiger partial charge < -0.3 is 9.84 Å². The summed E-state index contributed by atoms with van der Waals surface area (Å²) in [5, 5.41) is 9.37. The summed E-state index contributed by atoms with van der Waals surface area (Å²) < 4.78 is 4.53. The fraction of sp³-hybridized carbons (Fsp3) is 0.250. The van der Waals surface area contributed by atoms with Gasteiger partial charge in [0, 0.05) is 12.0 Å².